The van der Waals surface area contributed by atoms with E-state index >= 15 is 0 Å². The first-order chi connectivity index (χ1) is 24.2. The number of carbonyl (C=O) groups is 2. The minimum absolute atomic E-state index is 0.0709. The maximum absolute atomic E-state index is 14.5. The monoisotopic (exact) mass is 731 g/mol. The van der Waals surface area contributed by atoms with Crippen LogP contribution in [0, 0.1) is 0 Å². The van der Waals surface area contributed by atoms with E-state index in [-0.39, 0.29) is 18.6 Å². The average Bonchev–Trinajstić information content (AvgIpc) is 3.40. The first-order valence-corrected chi connectivity index (χ1v) is 20.3. The number of sulfonamides is 1. The predicted octanol–water partition coefficient (Wildman–Crippen LogP) is 6.17. The Bertz CT molecular complexity index is 1940. The van der Waals surface area contributed by atoms with Crippen molar-refractivity contribution in [3.63, 3.8) is 0 Å². The van der Waals surface area contributed by atoms with Crippen LogP contribution in [0.25, 0.3) is 11.1 Å². The van der Waals surface area contributed by atoms with E-state index in [9.17, 15) is 22.6 Å². The predicted molar refractivity (Wildman–Crippen MR) is 200 cm³/mol. The van der Waals surface area contributed by atoms with Gasteiger partial charge in [-0.3, -0.25) is 9.36 Å². The summed E-state index contributed by atoms with van der Waals surface area (Å²) in [5, 5.41) is 5.69. The normalized spacial score (nSPS) is 15.9. The SMILES string of the molecule is COP(=O)(N[C@@H](Cc1ccccc1)C(=O)N[C@@H](Cc1ccccc1)C(=O)OC(C)(C)C)[C@H](C)NS(=O)(=O)CC1c2ccccc2-c2ccccc21. The summed E-state index contributed by atoms with van der Waals surface area (Å²) in [6.07, 6.45) is 0.229. The summed E-state index contributed by atoms with van der Waals surface area (Å²) in [5.74, 6) is -3.21. The van der Waals surface area contributed by atoms with Crippen LogP contribution in [0.4, 0.5) is 0 Å². The lowest BCUT2D eigenvalue weighted by Gasteiger charge is -2.30. The fourth-order valence-corrected chi connectivity index (χ4v) is 10.1. The van der Waals surface area contributed by atoms with Gasteiger partial charge in [-0.2, -0.15) is 0 Å². The van der Waals surface area contributed by atoms with E-state index < -0.39 is 58.8 Å². The first-order valence-electron chi connectivity index (χ1n) is 16.9. The van der Waals surface area contributed by atoms with Crippen molar-refractivity contribution in [1.82, 2.24) is 15.1 Å². The molecule has 0 saturated heterocycles. The Hall–Kier alpha value is -4.12. The molecule has 1 unspecified atom stereocenters. The van der Waals surface area contributed by atoms with Gasteiger partial charge in [-0.15, -0.1) is 0 Å². The van der Waals surface area contributed by atoms with E-state index in [1.54, 1.807) is 20.8 Å². The highest BCUT2D eigenvalue weighted by Gasteiger charge is 2.40. The number of benzene rings is 4. The molecule has 0 bridgehead atoms. The third kappa shape index (κ3) is 9.81. The Morgan fingerprint density at radius 2 is 1.24 bits per heavy atom. The van der Waals surface area contributed by atoms with Crippen LogP contribution in [0.15, 0.2) is 109 Å². The van der Waals surface area contributed by atoms with Crippen molar-refractivity contribution >= 4 is 29.4 Å². The van der Waals surface area contributed by atoms with Gasteiger partial charge in [0.05, 0.1) is 11.8 Å². The van der Waals surface area contributed by atoms with E-state index in [0.29, 0.717) is 0 Å². The average molecular weight is 732 g/mol. The second-order valence-electron chi connectivity index (χ2n) is 13.7. The first kappa shape index (κ1) is 38.1. The molecule has 0 heterocycles. The van der Waals surface area contributed by atoms with Gasteiger partial charge in [0, 0.05) is 19.4 Å². The molecule has 51 heavy (non-hydrogen) atoms. The van der Waals surface area contributed by atoms with Gasteiger partial charge in [0.25, 0.3) is 7.52 Å². The lowest BCUT2D eigenvalue weighted by molar-refractivity contribution is -0.158. The van der Waals surface area contributed by atoms with Crippen LogP contribution in [0.1, 0.15) is 55.9 Å². The molecule has 1 aliphatic rings. The lowest BCUT2D eigenvalue weighted by Crippen LogP contribution is -2.53. The van der Waals surface area contributed by atoms with Gasteiger partial charge in [-0.25, -0.2) is 23.0 Å². The number of amides is 1. The molecule has 5 rings (SSSR count). The number of rotatable bonds is 15. The summed E-state index contributed by atoms with van der Waals surface area (Å²) in [4.78, 5) is 27.5. The summed E-state index contributed by atoms with van der Waals surface area (Å²) >= 11 is 0. The van der Waals surface area contributed by atoms with Crippen molar-refractivity contribution in [1.29, 1.82) is 0 Å². The quantitative estimate of drug-likeness (QED) is 0.0975. The van der Waals surface area contributed by atoms with Crippen molar-refractivity contribution in [2.75, 3.05) is 12.9 Å². The van der Waals surface area contributed by atoms with Crippen LogP contribution in [0.2, 0.25) is 0 Å². The Balaban J connectivity index is 1.37. The summed E-state index contributed by atoms with van der Waals surface area (Å²) in [5.41, 5.74) is 4.52. The minimum atomic E-state index is -4.10. The molecule has 0 saturated carbocycles. The van der Waals surface area contributed by atoms with Gasteiger partial charge < -0.3 is 14.6 Å². The minimum Gasteiger partial charge on any atom is -0.458 e. The molecular formula is C39H46N3O7PS. The van der Waals surface area contributed by atoms with Gasteiger partial charge in [-0.1, -0.05) is 109 Å². The molecule has 0 radical (unpaired) electrons. The Morgan fingerprint density at radius 1 is 0.765 bits per heavy atom. The van der Waals surface area contributed by atoms with Crippen molar-refractivity contribution in [2.45, 2.75) is 69.9 Å². The topological polar surface area (TPSA) is 140 Å². The van der Waals surface area contributed by atoms with Crippen molar-refractivity contribution in [2.24, 2.45) is 0 Å². The third-order valence-electron chi connectivity index (χ3n) is 8.71. The molecule has 0 spiro atoms. The maximum atomic E-state index is 14.5. The molecule has 0 aromatic heterocycles. The smallest absolute Gasteiger partial charge is 0.329 e. The zero-order valence-corrected chi connectivity index (χ0v) is 31.2. The molecule has 4 aromatic carbocycles. The standard InChI is InChI=1S/C39H46N3O7PS/c1-27(42-51(46,47)26-34-32-22-14-12-20-30(32)31-21-13-15-23-33(31)34)50(45,48-5)41-35(24-28-16-8-6-9-17-28)37(43)40-36(38(44)49-39(2,3)4)25-29-18-10-7-11-19-29/h6-23,27,34-36,42H,24-26H2,1-5H3,(H,40,43)(H,41,45)/t27-,35+,36+,50?/m1/s1. The largest absolute Gasteiger partial charge is 0.458 e. The second kappa shape index (κ2) is 16.0. The van der Waals surface area contributed by atoms with Crippen molar-refractivity contribution < 1.29 is 31.8 Å². The summed E-state index contributed by atoms with van der Waals surface area (Å²) < 4.78 is 55.7. The summed E-state index contributed by atoms with van der Waals surface area (Å²) in [6, 6.07) is 31.5. The number of hydrogen-bond acceptors (Lipinski definition) is 7. The van der Waals surface area contributed by atoms with E-state index in [1.807, 2.05) is 109 Å². The van der Waals surface area contributed by atoms with Crippen LogP contribution in [0.3, 0.4) is 0 Å². The molecule has 10 nitrogen and oxygen atoms in total. The van der Waals surface area contributed by atoms with E-state index in [4.69, 9.17) is 9.26 Å². The summed E-state index contributed by atoms with van der Waals surface area (Å²) in [7, 11) is -6.93. The zero-order valence-electron chi connectivity index (χ0n) is 29.5. The highest BCUT2D eigenvalue weighted by Crippen LogP contribution is 2.48. The number of ether oxygens (including phenoxy) is 1. The number of carbonyl (C=O) groups excluding carboxylic acids is 2. The number of fused-ring (bicyclic) bond motifs is 3. The molecule has 270 valence electrons. The number of nitrogens with one attached hydrogen (secondary N) is 3. The molecule has 4 atom stereocenters. The number of hydrogen-bond donors (Lipinski definition) is 3. The van der Waals surface area contributed by atoms with Crippen molar-refractivity contribution in [3.8, 4) is 11.1 Å². The third-order valence-corrected chi connectivity index (χ3v) is 12.7. The molecular weight excluding hydrogens is 685 g/mol. The van der Waals surface area contributed by atoms with Crippen LogP contribution in [-0.4, -0.2) is 56.6 Å². The highest BCUT2D eigenvalue weighted by atomic mass is 32.2. The van der Waals surface area contributed by atoms with Gasteiger partial charge in [-0.05, 0) is 67.5 Å². The van der Waals surface area contributed by atoms with Gasteiger partial charge in [0.15, 0.2) is 0 Å². The fourth-order valence-electron chi connectivity index (χ4n) is 6.31. The van der Waals surface area contributed by atoms with Gasteiger partial charge in [0.2, 0.25) is 15.9 Å². The van der Waals surface area contributed by atoms with Crippen LogP contribution >= 0.6 is 7.52 Å². The van der Waals surface area contributed by atoms with E-state index in [1.165, 1.54) is 14.0 Å². The van der Waals surface area contributed by atoms with E-state index in [0.717, 1.165) is 33.4 Å². The molecule has 0 fully saturated rings. The Labute approximate surface area is 300 Å². The Kier molecular flexibility index (Phi) is 12.0. The van der Waals surface area contributed by atoms with Gasteiger partial charge in [0.1, 0.15) is 17.4 Å². The molecule has 4 aromatic rings. The highest BCUT2D eigenvalue weighted by molar-refractivity contribution is 7.89. The summed E-state index contributed by atoms with van der Waals surface area (Å²) in [6.45, 7) is 6.68. The number of esters is 1. The second-order valence-corrected chi connectivity index (χ2v) is 18.1. The molecule has 1 amide bonds. The van der Waals surface area contributed by atoms with Crippen LogP contribution in [-0.2, 0) is 46.3 Å². The van der Waals surface area contributed by atoms with Gasteiger partial charge >= 0.3 is 5.97 Å². The molecule has 1 aliphatic carbocycles. The molecule has 0 aliphatic heterocycles. The zero-order chi connectivity index (χ0) is 36.8. The maximum Gasteiger partial charge on any atom is 0.329 e. The molecule has 3 N–H and O–H groups in total. The van der Waals surface area contributed by atoms with Crippen molar-refractivity contribution in [3.05, 3.63) is 131 Å². The van der Waals surface area contributed by atoms with Crippen LogP contribution in [0.5, 0.6) is 0 Å². The Morgan fingerprint density at radius 3 is 1.73 bits per heavy atom. The van der Waals surface area contributed by atoms with Crippen LogP contribution < -0.4 is 15.1 Å². The van der Waals surface area contributed by atoms with E-state index in [2.05, 4.69) is 15.1 Å². The fraction of sp³-hybridized carbons (Fsp3) is 0.333. The molecule has 12 heteroatoms. The lowest BCUT2D eigenvalue weighted by atomic mass is 9.99.